The van der Waals surface area contributed by atoms with E-state index in [-0.39, 0.29) is 29.4 Å². The molecule has 1 aromatic rings. The Balaban J connectivity index is 1.63. The van der Waals surface area contributed by atoms with Crippen molar-refractivity contribution in [3.8, 4) is 5.75 Å². The second kappa shape index (κ2) is 11.1. The number of likely N-dealkylation sites (tertiary alicyclic amines) is 1. The number of aliphatic hydroxyl groups excluding tert-OH is 1. The Hall–Kier alpha value is -1.72. The van der Waals surface area contributed by atoms with E-state index in [9.17, 15) is 18.3 Å². The van der Waals surface area contributed by atoms with Gasteiger partial charge in [-0.05, 0) is 56.3 Å². The van der Waals surface area contributed by atoms with E-state index in [2.05, 4.69) is 4.72 Å². The van der Waals surface area contributed by atoms with Crippen molar-refractivity contribution in [2.24, 2.45) is 5.41 Å². The smallest absolute Gasteiger partial charge is 0.248 e. The largest absolute Gasteiger partial charge is 0.492 e. The maximum Gasteiger partial charge on any atom is 0.248 e. The third-order valence-electron chi connectivity index (χ3n) is 7.70. The predicted molar refractivity (Wildman–Crippen MR) is 132 cm³/mol. The first-order chi connectivity index (χ1) is 16.7. The van der Waals surface area contributed by atoms with Crippen LogP contribution in [0.2, 0.25) is 0 Å². The lowest BCUT2D eigenvalue weighted by molar-refractivity contribution is -0.138. The first kappa shape index (κ1) is 26.3. The number of amides is 1. The highest BCUT2D eigenvalue weighted by Crippen LogP contribution is 2.39. The zero-order chi connectivity index (χ0) is 25.1. The number of carbonyl (C=O) groups excluding carboxylic acids is 1. The van der Waals surface area contributed by atoms with E-state index in [0.29, 0.717) is 44.5 Å². The number of sulfonamides is 1. The van der Waals surface area contributed by atoms with Crippen LogP contribution in [0.25, 0.3) is 0 Å². The molecule has 1 saturated heterocycles. The average molecular weight is 510 g/mol. The van der Waals surface area contributed by atoms with Crippen LogP contribution in [0.3, 0.4) is 0 Å². The molecule has 1 aliphatic carbocycles. The van der Waals surface area contributed by atoms with Gasteiger partial charge < -0.3 is 24.4 Å². The van der Waals surface area contributed by atoms with Gasteiger partial charge in [0, 0.05) is 45.2 Å². The van der Waals surface area contributed by atoms with Gasteiger partial charge in [0.2, 0.25) is 15.9 Å². The molecule has 1 unspecified atom stereocenters. The van der Waals surface area contributed by atoms with Crippen molar-refractivity contribution in [3.63, 3.8) is 0 Å². The topological polar surface area (TPSA) is 108 Å². The lowest BCUT2D eigenvalue weighted by Crippen LogP contribution is -2.52. The molecule has 196 valence electrons. The number of nitrogens with one attached hydrogen (secondary N) is 1. The molecule has 0 radical (unpaired) electrons. The summed E-state index contributed by atoms with van der Waals surface area (Å²) in [5, 5.41) is 10.5. The first-order valence-electron chi connectivity index (χ1n) is 12.6. The fraction of sp³-hybridized carbons (Fsp3) is 0.720. The monoisotopic (exact) mass is 509 g/mol. The van der Waals surface area contributed by atoms with Crippen molar-refractivity contribution < 1.29 is 27.8 Å². The number of benzene rings is 1. The summed E-state index contributed by atoms with van der Waals surface area (Å²) >= 11 is 0. The van der Waals surface area contributed by atoms with Crippen molar-refractivity contribution in [3.05, 3.63) is 23.8 Å². The molecule has 35 heavy (non-hydrogen) atoms. The number of piperidine rings is 1. The Morgan fingerprint density at radius 3 is 2.66 bits per heavy atom. The summed E-state index contributed by atoms with van der Waals surface area (Å²) in [5.74, 6) is 0.777. The van der Waals surface area contributed by atoms with Crippen LogP contribution in [0.4, 0.5) is 0 Å². The van der Waals surface area contributed by atoms with Gasteiger partial charge in [-0.3, -0.25) is 4.79 Å². The molecular formula is C25H39N3O6S. The zero-order valence-electron chi connectivity index (χ0n) is 20.9. The molecule has 2 aliphatic heterocycles. The fourth-order valence-electron chi connectivity index (χ4n) is 5.74. The molecule has 10 heteroatoms. The Bertz CT molecular complexity index is 987. The van der Waals surface area contributed by atoms with Gasteiger partial charge in [0.05, 0.1) is 12.7 Å². The van der Waals surface area contributed by atoms with Crippen molar-refractivity contribution >= 4 is 15.9 Å². The van der Waals surface area contributed by atoms with Crippen LogP contribution in [0, 0.1) is 5.41 Å². The van der Waals surface area contributed by atoms with Crippen molar-refractivity contribution in [2.45, 2.75) is 55.4 Å². The maximum absolute atomic E-state index is 13.1. The Morgan fingerprint density at radius 2 is 1.97 bits per heavy atom. The standard InChI is InChI=1S/C25H39N3O6S/c1-27-15-21(29)14-26-35(31,32)23-8-7-20(19-5-3-4-6-19)13-22(23)34-18-25(17-27)9-11-28(12-10-25)24(30)16-33-2/h7-8,13,19,21,26,29H,3-6,9-12,14-18H2,1-2H3. The Kier molecular flexibility index (Phi) is 8.38. The number of aliphatic hydroxyl groups is 1. The highest BCUT2D eigenvalue weighted by molar-refractivity contribution is 7.89. The van der Waals surface area contributed by atoms with Gasteiger partial charge in [0.1, 0.15) is 17.3 Å². The molecule has 0 aromatic heterocycles. The van der Waals surface area contributed by atoms with Crippen LogP contribution < -0.4 is 9.46 Å². The minimum absolute atomic E-state index is 0.0242. The van der Waals surface area contributed by atoms with Gasteiger partial charge >= 0.3 is 0 Å². The molecule has 1 aromatic carbocycles. The molecular weight excluding hydrogens is 470 g/mol. The van der Waals surface area contributed by atoms with Gasteiger partial charge in [-0.25, -0.2) is 13.1 Å². The van der Waals surface area contributed by atoms with Crippen molar-refractivity contribution in [2.75, 3.05) is 60.1 Å². The van der Waals surface area contributed by atoms with Crippen LogP contribution in [-0.2, 0) is 19.6 Å². The van der Waals surface area contributed by atoms with E-state index in [4.69, 9.17) is 9.47 Å². The second-order valence-corrected chi connectivity index (χ2v) is 12.2. The number of hydrogen-bond donors (Lipinski definition) is 2. The molecule has 1 saturated carbocycles. The summed E-state index contributed by atoms with van der Waals surface area (Å²) < 4.78 is 40.2. The number of methoxy groups -OCH3 is 1. The third-order valence-corrected chi connectivity index (χ3v) is 9.16. The first-order valence-corrected chi connectivity index (χ1v) is 14.1. The molecule has 2 N–H and O–H groups in total. The summed E-state index contributed by atoms with van der Waals surface area (Å²) in [7, 11) is -0.400. The van der Waals surface area contributed by atoms with Gasteiger partial charge in [-0.15, -0.1) is 0 Å². The molecule has 2 fully saturated rings. The van der Waals surface area contributed by atoms with E-state index in [0.717, 1.165) is 31.2 Å². The Morgan fingerprint density at radius 1 is 1.26 bits per heavy atom. The fourth-order valence-corrected chi connectivity index (χ4v) is 6.94. The number of fused-ring (bicyclic) bond motifs is 1. The molecule has 3 aliphatic rings. The summed E-state index contributed by atoms with van der Waals surface area (Å²) in [5.41, 5.74) is 0.852. The average Bonchev–Trinajstić information content (AvgIpc) is 3.36. The third kappa shape index (κ3) is 6.35. The SMILES string of the molecule is COCC(=O)N1CCC2(CC1)COc1cc(C3CCCC3)ccc1S(=O)(=O)NCC(O)CN(C)C2. The predicted octanol–water partition coefficient (Wildman–Crippen LogP) is 1.56. The number of carbonyl (C=O) groups is 1. The minimum atomic E-state index is -3.85. The number of β-amino-alcohol motifs (C(OH)–C–C–N with tert-alkyl or cyclic N) is 1. The normalized spacial score (nSPS) is 25.9. The minimum Gasteiger partial charge on any atom is -0.492 e. The zero-order valence-corrected chi connectivity index (χ0v) is 21.7. The number of rotatable bonds is 3. The van der Waals surface area contributed by atoms with Crippen molar-refractivity contribution in [1.29, 1.82) is 0 Å². The highest BCUT2D eigenvalue weighted by atomic mass is 32.2. The van der Waals surface area contributed by atoms with E-state index >= 15 is 0 Å². The highest BCUT2D eigenvalue weighted by Gasteiger charge is 2.39. The van der Waals surface area contributed by atoms with Gasteiger partial charge in [0.15, 0.2) is 0 Å². The van der Waals surface area contributed by atoms with E-state index < -0.39 is 16.1 Å². The number of nitrogens with zero attached hydrogens (tertiary/aromatic N) is 2. The number of hydrogen-bond acceptors (Lipinski definition) is 7. The quantitative estimate of drug-likeness (QED) is 0.637. The Labute approximate surface area is 208 Å². The molecule has 1 spiro atoms. The van der Waals surface area contributed by atoms with Crippen LogP contribution >= 0.6 is 0 Å². The summed E-state index contributed by atoms with van der Waals surface area (Å²) in [6.45, 7) is 2.55. The molecule has 9 nitrogen and oxygen atoms in total. The second-order valence-electron chi connectivity index (χ2n) is 10.5. The van der Waals surface area contributed by atoms with Crippen LogP contribution in [0.15, 0.2) is 23.1 Å². The van der Waals surface area contributed by atoms with Gasteiger partial charge in [0.25, 0.3) is 0 Å². The summed E-state index contributed by atoms with van der Waals surface area (Å²) in [6, 6.07) is 5.46. The molecule has 1 amide bonds. The molecule has 4 rings (SSSR count). The molecule has 0 bridgehead atoms. The van der Waals surface area contributed by atoms with Gasteiger partial charge in [-0.1, -0.05) is 18.9 Å². The molecule has 1 atom stereocenters. The lowest BCUT2D eigenvalue weighted by Gasteiger charge is -2.44. The number of likely N-dealkylation sites (N-methyl/N-ethyl adjacent to an activating group) is 1. The maximum atomic E-state index is 13.1. The summed E-state index contributed by atoms with van der Waals surface area (Å²) in [6.07, 6.45) is 5.21. The van der Waals surface area contributed by atoms with Crippen LogP contribution in [-0.4, -0.2) is 95.4 Å². The molecule has 2 heterocycles. The van der Waals surface area contributed by atoms with Crippen molar-refractivity contribution in [1.82, 2.24) is 14.5 Å². The lowest BCUT2D eigenvalue weighted by atomic mass is 9.78. The van der Waals surface area contributed by atoms with Crippen LogP contribution in [0.5, 0.6) is 5.75 Å². The number of ether oxygens (including phenoxy) is 2. The van der Waals surface area contributed by atoms with E-state index in [1.54, 1.807) is 6.07 Å². The van der Waals surface area contributed by atoms with E-state index in [1.165, 1.54) is 20.0 Å². The van der Waals surface area contributed by atoms with E-state index in [1.807, 2.05) is 29.0 Å². The van der Waals surface area contributed by atoms with Crippen LogP contribution in [0.1, 0.15) is 50.0 Å². The summed E-state index contributed by atoms with van der Waals surface area (Å²) in [4.78, 5) is 16.3. The van der Waals surface area contributed by atoms with Gasteiger partial charge in [-0.2, -0.15) is 0 Å².